The van der Waals surface area contributed by atoms with Gasteiger partial charge in [0.05, 0.1) is 0 Å². The van der Waals surface area contributed by atoms with Gasteiger partial charge in [0.15, 0.2) is 0 Å². The van der Waals surface area contributed by atoms with Gasteiger partial charge in [0.2, 0.25) is 0 Å². The van der Waals surface area contributed by atoms with Crippen LogP contribution in [0.1, 0.15) is 19.4 Å². The average Bonchev–Trinajstić information content (AvgIpc) is 2.43. The summed E-state index contributed by atoms with van der Waals surface area (Å²) in [5.74, 6) is 0. The normalized spacial score (nSPS) is 11.9. The summed E-state index contributed by atoms with van der Waals surface area (Å²) in [4.78, 5) is 0. The Labute approximate surface area is 116 Å². The van der Waals surface area contributed by atoms with E-state index >= 15 is 0 Å². The van der Waals surface area contributed by atoms with E-state index in [0.717, 1.165) is 26.1 Å². The van der Waals surface area contributed by atoms with E-state index in [1.807, 2.05) is 0 Å². The Morgan fingerprint density at radius 1 is 1.05 bits per heavy atom. The first-order valence-electron chi connectivity index (χ1n) is 6.99. The molecule has 0 saturated carbocycles. The fraction of sp³-hybridized carbons (Fsp3) is 0.412. The third-order valence-corrected chi connectivity index (χ3v) is 3.56. The number of hydrogen-bond donors (Lipinski definition) is 2. The number of fused-ring (bicyclic) bond motifs is 1. The van der Waals surface area contributed by atoms with Crippen molar-refractivity contribution >= 4 is 10.8 Å². The molecule has 0 spiro atoms. The number of nitrogens with one attached hydrogen (secondary N) is 1. The molecule has 0 atom stereocenters. The van der Waals surface area contributed by atoms with Gasteiger partial charge >= 0.3 is 0 Å². The maximum absolute atomic E-state index is 5.72. The Balaban J connectivity index is 1.88. The van der Waals surface area contributed by atoms with Gasteiger partial charge in [-0.05, 0) is 41.3 Å². The van der Waals surface area contributed by atoms with Gasteiger partial charge in [-0.25, -0.2) is 0 Å². The van der Waals surface area contributed by atoms with E-state index in [4.69, 9.17) is 5.73 Å². The van der Waals surface area contributed by atoms with Gasteiger partial charge < -0.3 is 11.1 Å². The minimum atomic E-state index is 0.184. The zero-order valence-corrected chi connectivity index (χ0v) is 11.9. The quantitative estimate of drug-likeness (QED) is 0.780. The molecule has 3 N–H and O–H groups in total. The molecule has 0 aliphatic carbocycles. The second kappa shape index (κ2) is 6.18. The Morgan fingerprint density at radius 3 is 2.53 bits per heavy atom. The molecule has 102 valence electrons. The lowest BCUT2D eigenvalue weighted by molar-refractivity contribution is 0.353. The van der Waals surface area contributed by atoms with Crippen LogP contribution >= 0.6 is 0 Å². The Hall–Kier alpha value is -1.38. The third kappa shape index (κ3) is 4.05. The van der Waals surface area contributed by atoms with Gasteiger partial charge in [0, 0.05) is 6.54 Å². The largest absolute Gasteiger partial charge is 0.330 e. The molecule has 2 rings (SSSR count). The number of rotatable bonds is 6. The van der Waals surface area contributed by atoms with Crippen molar-refractivity contribution in [3.63, 3.8) is 0 Å². The lowest BCUT2D eigenvalue weighted by Crippen LogP contribution is -2.36. The van der Waals surface area contributed by atoms with Gasteiger partial charge in [-0.2, -0.15) is 0 Å². The molecule has 0 fully saturated rings. The predicted octanol–water partition coefficient (Wildman–Crippen LogP) is 2.96. The monoisotopic (exact) mass is 256 g/mol. The van der Waals surface area contributed by atoms with Crippen LogP contribution in [0.15, 0.2) is 42.5 Å². The molecule has 0 unspecified atom stereocenters. The molecule has 0 saturated heterocycles. The first-order chi connectivity index (χ1) is 9.11. The van der Waals surface area contributed by atoms with Gasteiger partial charge in [0.25, 0.3) is 0 Å². The molecule has 0 aliphatic heterocycles. The molecule has 2 aromatic rings. The predicted molar refractivity (Wildman–Crippen MR) is 83.4 cm³/mol. The van der Waals surface area contributed by atoms with Crippen LogP contribution in [0.5, 0.6) is 0 Å². The highest BCUT2D eigenvalue weighted by molar-refractivity contribution is 5.82. The molecule has 0 heterocycles. The summed E-state index contributed by atoms with van der Waals surface area (Å²) in [6.07, 6.45) is 1.06. The maximum Gasteiger partial charge on any atom is 0.00147 e. The summed E-state index contributed by atoms with van der Waals surface area (Å²) in [5.41, 5.74) is 7.29. The van der Waals surface area contributed by atoms with Crippen molar-refractivity contribution in [2.75, 3.05) is 19.6 Å². The third-order valence-electron chi connectivity index (χ3n) is 3.56. The van der Waals surface area contributed by atoms with E-state index in [1.54, 1.807) is 0 Å². The Morgan fingerprint density at radius 2 is 1.79 bits per heavy atom. The molecule has 0 aliphatic rings. The fourth-order valence-electron chi connectivity index (χ4n) is 2.13. The molecular formula is C17H24N2. The lowest BCUT2D eigenvalue weighted by atomic mass is 9.94. The standard InChI is InChI=1S/C17H24N2/c1-17(2,12-18)13-19-10-9-14-7-8-15-5-3-4-6-16(15)11-14/h3-8,11,19H,9-10,12-13,18H2,1-2H3. The second-order valence-electron chi connectivity index (χ2n) is 5.98. The van der Waals surface area contributed by atoms with Crippen LogP contribution < -0.4 is 11.1 Å². The number of hydrogen-bond acceptors (Lipinski definition) is 2. The van der Waals surface area contributed by atoms with Crippen LogP contribution in [0.2, 0.25) is 0 Å². The Bertz CT molecular complexity index is 532. The number of nitrogens with two attached hydrogens (primary N) is 1. The van der Waals surface area contributed by atoms with Gasteiger partial charge in [-0.15, -0.1) is 0 Å². The van der Waals surface area contributed by atoms with E-state index in [2.05, 4.69) is 61.6 Å². The van der Waals surface area contributed by atoms with Crippen LogP contribution in [0.4, 0.5) is 0 Å². The summed E-state index contributed by atoms with van der Waals surface area (Å²) in [5, 5.41) is 6.12. The highest BCUT2D eigenvalue weighted by atomic mass is 14.9. The molecule has 2 aromatic carbocycles. The molecule has 0 radical (unpaired) electrons. The highest BCUT2D eigenvalue weighted by Crippen LogP contribution is 2.16. The van der Waals surface area contributed by atoms with Crippen molar-refractivity contribution < 1.29 is 0 Å². The molecule has 2 nitrogen and oxygen atoms in total. The summed E-state index contributed by atoms with van der Waals surface area (Å²) >= 11 is 0. The minimum absolute atomic E-state index is 0.184. The zero-order chi connectivity index (χ0) is 13.7. The summed E-state index contributed by atoms with van der Waals surface area (Å²) < 4.78 is 0. The van der Waals surface area contributed by atoms with Crippen LogP contribution in [0, 0.1) is 5.41 Å². The van der Waals surface area contributed by atoms with Crippen LogP contribution in [0.25, 0.3) is 10.8 Å². The van der Waals surface area contributed by atoms with Gasteiger partial charge in [-0.1, -0.05) is 56.3 Å². The molecule has 19 heavy (non-hydrogen) atoms. The van der Waals surface area contributed by atoms with Crippen LogP contribution in [-0.4, -0.2) is 19.6 Å². The van der Waals surface area contributed by atoms with Crippen molar-refractivity contribution in [1.82, 2.24) is 5.32 Å². The fourth-order valence-corrected chi connectivity index (χ4v) is 2.13. The Kier molecular flexibility index (Phi) is 4.56. The lowest BCUT2D eigenvalue weighted by Gasteiger charge is -2.22. The summed E-state index contributed by atoms with van der Waals surface area (Å²) in [6.45, 7) is 7.07. The maximum atomic E-state index is 5.72. The first kappa shape index (κ1) is 14.0. The van der Waals surface area contributed by atoms with E-state index in [9.17, 15) is 0 Å². The van der Waals surface area contributed by atoms with Crippen molar-refractivity contribution in [3.8, 4) is 0 Å². The molecule has 2 heteroatoms. The van der Waals surface area contributed by atoms with Crippen LogP contribution in [0.3, 0.4) is 0 Å². The van der Waals surface area contributed by atoms with E-state index in [-0.39, 0.29) is 5.41 Å². The smallest absolute Gasteiger partial charge is 0.00147 e. The molecule has 0 aromatic heterocycles. The van der Waals surface area contributed by atoms with E-state index in [1.165, 1.54) is 16.3 Å². The molecular weight excluding hydrogens is 232 g/mol. The SMILES string of the molecule is CC(C)(CN)CNCCc1ccc2ccccc2c1. The van der Waals surface area contributed by atoms with Crippen molar-refractivity contribution in [3.05, 3.63) is 48.0 Å². The van der Waals surface area contributed by atoms with Gasteiger partial charge in [0.1, 0.15) is 0 Å². The average molecular weight is 256 g/mol. The minimum Gasteiger partial charge on any atom is -0.330 e. The first-order valence-corrected chi connectivity index (χ1v) is 6.99. The molecule has 0 amide bonds. The van der Waals surface area contributed by atoms with Gasteiger partial charge in [-0.3, -0.25) is 0 Å². The zero-order valence-electron chi connectivity index (χ0n) is 11.9. The van der Waals surface area contributed by atoms with E-state index < -0.39 is 0 Å². The number of benzene rings is 2. The summed E-state index contributed by atoms with van der Waals surface area (Å²) in [6, 6.07) is 15.2. The molecule has 0 bridgehead atoms. The van der Waals surface area contributed by atoms with Crippen LogP contribution in [-0.2, 0) is 6.42 Å². The summed E-state index contributed by atoms with van der Waals surface area (Å²) in [7, 11) is 0. The second-order valence-corrected chi connectivity index (χ2v) is 5.98. The van der Waals surface area contributed by atoms with Crippen molar-refractivity contribution in [2.24, 2.45) is 11.1 Å². The topological polar surface area (TPSA) is 38.0 Å². The van der Waals surface area contributed by atoms with E-state index in [0.29, 0.717) is 0 Å². The highest BCUT2D eigenvalue weighted by Gasteiger charge is 2.13. The van der Waals surface area contributed by atoms with Crippen molar-refractivity contribution in [2.45, 2.75) is 20.3 Å². The van der Waals surface area contributed by atoms with Crippen molar-refractivity contribution in [1.29, 1.82) is 0 Å².